The molecule has 0 aliphatic heterocycles. The predicted octanol–water partition coefficient (Wildman–Crippen LogP) is 5.99. The highest BCUT2D eigenvalue weighted by molar-refractivity contribution is 6.10. The lowest BCUT2D eigenvalue weighted by molar-refractivity contribution is 0.0610. The summed E-state index contributed by atoms with van der Waals surface area (Å²) in [5.41, 5.74) is 0.461. The number of aryl methyl sites for hydroxylation is 1. The molecule has 216 valence electrons. The van der Waals surface area contributed by atoms with Gasteiger partial charge in [-0.25, -0.2) is 14.4 Å². The number of aromatic carboxylic acids is 3. The zero-order chi connectivity index (χ0) is 29.8. The molecule has 2 aliphatic rings. The van der Waals surface area contributed by atoms with Crippen LogP contribution >= 0.6 is 0 Å². The molecule has 9 heteroatoms. The normalized spacial score (nSPS) is 17.6. The molecule has 0 saturated carbocycles. The molecule has 3 N–H and O–H groups in total. The first-order chi connectivity index (χ1) is 20.2. The molecule has 0 radical (unpaired) electrons. The second-order valence-electron chi connectivity index (χ2n) is 10.6. The molecule has 42 heavy (non-hydrogen) atoms. The molecule has 3 aromatic rings. The minimum atomic E-state index is -1.60. The Morgan fingerprint density at radius 2 is 1.48 bits per heavy atom. The average Bonchev–Trinajstić information content (AvgIpc) is 2.99. The van der Waals surface area contributed by atoms with E-state index in [1.54, 1.807) is 4.90 Å². The average molecular weight is 570 g/mol. The summed E-state index contributed by atoms with van der Waals surface area (Å²) in [4.78, 5) is 51.8. The lowest BCUT2D eigenvalue weighted by atomic mass is 9.86. The van der Waals surface area contributed by atoms with Gasteiger partial charge in [0.2, 0.25) is 0 Å². The molecule has 1 unspecified atom stereocenters. The van der Waals surface area contributed by atoms with Crippen molar-refractivity contribution in [2.45, 2.75) is 57.2 Å². The summed E-state index contributed by atoms with van der Waals surface area (Å²) >= 11 is 0. The second-order valence-corrected chi connectivity index (χ2v) is 10.6. The fraction of sp³-hybridized carbons (Fsp3) is 0.273. The third kappa shape index (κ3) is 6.05. The van der Waals surface area contributed by atoms with Crippen molar-refractivity contribution in [1.29, 1.82) is 0 Å². The maximum absolute atomic E-state index is 14.3. The standard InChI is InChI=1S/C33H31NO8/c35-30(25-17-27(32(38)39)28(33(40)41)18-26(25)31(36)37)34(29-15-7-10-21-9-4-5-14-24(21)29)19-20-8-6-13-23(16-20)42-22-11-2-1-3-12-22/h2,4-6,8-9,11,13-14,16-18,22,29H,1,3,7,10,12,15,19H2,(H,36,37)(H,38,39)(H,40,41)/t22?,29-/m0/s1. The predicted molar refractivity (Wildman–Crippen MR) is 153 cm³/mol. The van der Waals surface area contributed by atoms with E-state index in [1.807, 2.05) is 54.6 Å². The number of carboxylic acids is 3. The van der Waals surface area contributed by atoms with Gasteiger partial charge < -0.3 is 25.0 Å². The Labute approximate surface area is 242 Å². The highest BCUT2D eigenvalue weighted by atomic mass is 16.5. The monoisotopic (exact) mass is 569 g/mol. The molecule has 5 rings (SSSR count). The van der Waals surface area contributed by atoms with Gasteiger partial charge in [0, 0.05) is 6.54 Å². The molecular formula is C33H31NO8. The molecule has 0 fully saturated rings. The van der Waals surface area contributed by atoms with Crippen molar-refractivity contribution in [3.8, 4) is 5.75 Å². The number of carboxylic acid groups (broad SMARTS) is 3. The molecule has 0 heterocycles. The van der Waals surface area contributed by atoms with E-state index in [2.05, 4.69) is 6.08 Å². The molecule has 0 aromatic heterocycles. The minimum Gasteiger partial charge on any atom is -0.486 e. The van der Waals surface area contributed by atoms with E-state index in [4.69, 9.17) is 4.74 Å². The first kappa shape index (κ1) is 28.6. The van der Waals surface area contributed by atoms with Crippen molar-refractivity contribution >= 4 is 23.8 Å². The lowest BCUT2D eigenvalue weighted by Gasteiger charge is -2.36. The van der Waals surface area contributed by atoms with Crippen molar-refractivity contribution in [2.24, 2.45) is 0 Å². The van der Waals surface area contributed by atoms with Gasteiger partial charge in [-0.3, -0.25) is 4.79 Å². The van der Waals surface area contributed by atoms with Crippen molar-refractivity contribution in [2.75, 3.05) is 0 Å². The van der Waals surface area contributed by atoms with Crippen molar-refractivity contribution in [3.63, 3.8) is 0 Å². The number of ether oxygens (including phenoxy) is 1. The van der Waals surface area contributed by atoms with Crippen LogP contribution in [0.2, 0.25) is 0 Å². The number of allylic oxidation sites excluding steroid dienone is 1. The topological polar surface area (TPSA) is 141 Å². The molecule has 2 atom stereocenters. The number of carbonyl (C=O) groups excluding carboxylic acids is 1. The molecule has 0 spiro atoms. The van der Waals surface area contributed by atoms with Gasteiger partial charge in [0.05, 0.1) is 28.3 Å². The van der Waals surface area contributed by atoms with E-state index >= 15 is 0 Å². The number of hydrogen-bond donors (Lipinski definition) is 3. The van der Waals surface area contributed by atoms with Gasteiger partial charge in [-0.2, -0.15) is 0 Å². The fourth-order valence-electron chi connectivity index (χ4n) is 5.81. The van der Waals surface area contributed by atoms with Crippen LogP contribution in [0.25, 0.3) is 0 Å². The van der Waals surface area contributed by atoms with Crippen molar-refractivity contribution in [1.82, 2.24) is 4.90 Å². The Hall–Kier alpha value is -4.92. The van der Waals surface area contributed by atoms with E-state index in [0.717, 1.165) is 60.9 Å². The number of benzene rings is 3. The Balaban J connectivity index is 1.58. The van der Waals surface area contributed by atoms with Crippen LogP contribution in [0.1, 0.15) is 96.3 Å². The summed E-state index contributed by atoms with van der Waals surface area (Å²) in [6, 6.07) is 16.4. The Bertz CT molecular complexity index is 1580. The molecule has 0 saturated heterocycles. The summed E-state index contributed by atoms with van der Waals surface area (Å²) in [7, 11) is 0. The number of rotatable bonds is 9. The Morgan fingerprint density at radius 1 is 0.786 bits per heavy atom. The number of nitrogens with zero attached hydrogens (tertiary/aromatic N) is 1. The summed E-state index contributed by atoms with van der Waals surface area (Å²) in [6.07, 6.45) is 9.31. The largest absolute Gasteiger partial charge is 0.486 e. The van der Waals surface area contributed by atoms with Crippen LogP contribution in [-0.2, 0) is 13.0 Å². The van der Waals surface area contributed by atoms with Crippen LogP contribution in [-0.4, -0.2) is 50.1 Å². The molecule has 9 nitrogen and oxygen atoms in total. The van der Waals surface area contributed by atoms with E-state index in [-0.39, 0.29) is 18.2 Å². The third-order valence-electron chi connectivity index (χ3n) is 7.80. The highest BCUT2D eigenvalue weighted by Gasteiger charge is 2.34. The van der Waals surface area contributed by atoms with E-state index in [9.17, 15) is 34.5 Å². The quantitative estimate of drug-likeness (QED) is 0.267. The number of amides is 1. The molecule has 1 amide bonds. The summed E-state index contributed by atoms with van der Waals surface area (Å²) in [5.74, 6) is -4.76. The SMILES string of the molecule is O=C(O)c1cc(C(=O)O)c(C(=O)N(Cc2cccc(OC3C=CCCC3)c2)[C@H]2CCCc3ccccc32)cc1C(=O)O. The van der Waals surface area contributed by atoms with E-state index in [0.29, 0.717) is 12.2 Å². The van der Waals surface area contributed by atoms with Crippen LogP contribution in [0.4, 0.5) is 0 Å². The smallest absolute Gasteiger partial charge is 0.336 e. The van der Waals surface area contributed by atoms with Gasteiger partial charge in [-0.1, -0.05) is 42.5 Å². The van der Waals surface area contributed by atoms with Crippen LogP contribution in [0, 0.1) is 0 Å². The zero-order valence-corrected chi connectivity index (χ0v) is 22.9. The van der Waals surface area contributed by atoms with Crippen LogP contribution in [0.5, 0.6) is 5.75 Å². The molecular weight excluding hydrogens is 538 g/mol. The zero-order valence-electron chi connectivity index (χ0n) is 22.9. The van der Waals surface area contributed by atoms with Crippen LogP contribution in [0.3, 0.4) is 0 Å². The van der Waals surface area contributed by atoms with Crippen molar-refractivity contribution < 1.29 is 39.2 Å². The second kappa shape index (κ2) is 12.3. The summed E-state index contributed by atoms with van der Waals surface area (Å²) in [6.45, 7) is 0.0949. The maximum Gasteiger partial charge on any atom is 0.336 e. The van der Waals surface area contributed by atoms with Gasteiger partial charge in [0.25, 0.3) is 5.91 Å². The fourth-order valence-corrected chi connectivity index (χ4v) is 5.81. The van der Waals surface area contributed by atoms with Gasteiger partial charge in [0.15, 0.2) is 0 Å². The number of hydrogen-bond acceptors (Lipinski definition) is 5. The van der Waals surface area contributed by atoms with Crippen molar-refractivity contribution in [3.05, 3.63) is 112 Å². The summed E-state index contributed by atoms with van der Waals surface area (Å²) in [5, 5.41) is 29.2. The van der Waals surface area contributed by atoms with Gasteiger partial charge >= 0.3 is 17.9 Å². The van der Waals surface area contributed by atoms with Gasteiger partial charge in [0.1, 0.15) is 11.9 Å². The minimum absolute atomic E-state index is 0.0442. The van der Waals surface area contributed by atoms with Gasteiger partial charge in [-0.05, 0) is 85.6 Å². The first-order valence-electron chi connectivity index (χ1n) is 13.9. The Morgan fingerprint density at radius 3 is 2.17 bits per heavy atom. The van der Waals surface area contributed by atoms with Crippen LogP contribution < -0.4 is 4.74 Å². The van der Waals surface area contributed by atoms with E-state index in [1.165, 1.54) is 0 Å². The molecule has 3 aromatic carbocycles. The molecule has 0 bridgehead atoms. The van der Waals surface area contributed by atoms with E-state index < -0.39 is 46.5 Å². The number of fused-ring (bicyclic) bond motifs is 1. The van der Waals surface area contributed by atoms with Crippen LogP contribution in [0.15, 0.2) is 72.8 Å². The lowest BCUT2D eigenvalue weighted by Crippen LogP contribution is -2.37. The third-order valence-corrected chi connectivity index (χ3v) is 7.80. The summed E-state index contributed by atoms with van der Waals surface area (Å²) < 4.78 is 6.16. The first-order valence-corrected chi connectivity index (χ1v) is 13.9. The molecule has 2 aliphatic carbocycles. The maximum atomic E-state index is 14.3. The van der Waals surface area contributed by atoms with Gasteiger partial charge in [-0.15, -0.1) is 0 Å². The highest BCUT2D eigenvalue weighted by Crippen LogP contribution is 2.37. The Kier molecular flexibility index (Phi) is 8.38. The number of carbonyl (C=O) groups is 4.